The maximum Gasteiger partial charge on any atom is 0.0544 e. The zero-order valence-electron chi connectivity index (χ0n) is 11.1. The van der Waals surface area contributed by atoms with E-state index in [2.05, 4.69) is 28.9 Å². The molecule has 0 aromatic carbocycles. The Balaban J connectivity index is 0.00000162. The zero-order valence-corrected chi connectivity index (χ0v) is 12.0. The van der Waals surface area contributed by atoms with E-state index in [4.69, 9.17) is 5.73 Å². The molecule has 1 saturated heterocycles. The third kappa shape index (κ3) is 4.23. The summed E-state index contributed by atoms with van der Waals surface area (Å²) in [6.07, 6.45) is 7.03. The molecular weight excluding hydrogens is 246 g/mol. The van der Waals surface area contributed by atoms with Crippen molar-refractivity contribution in [3.63, 3.8) is 0 Å². The second-order valence-corrected chi connectivity index (χ2v) is 5.02. The summed E-state index contributed by atoms with van der Waals surface area (Å²) < 4.78 is 0. The fourth-order valence-electron chi connectivity index (χ4n) is 2.59. The van der Waals surface area contributed by atoms with Crippen molar-refractivity contribution in [2.24, 2.45) is 5.73 Å². The van der Waals surface area contributed by atoms with E-state index in [-0.39, 0.29) is 12.4 Å². The molecule has 2 N–H and O–H groups in total. The number of nitrogens with two attached hydrogens (primary N) is 1. The lowest BCUT2D eigenvalue weighted by Gasteiger charge is -2.35. The predicted molar refractivity (Wildman–Crippen MR) is 77.9 cm³/mol. The molecule has 1 aromatic rings. The first kappa shape index (κ1) is 15.4. The third-order valence-corrected chi connectivity index (χ3v) is 3.59. The minimum Gasteiger partial charge on any atom is -0.330 e. The van der Waals surface area contributed by atoms with Gasteiger partial charge in [0.2, 0.25) is 0 Å². The third-order valence-electron chi connectivity index (χ3n) is 3.59. The lowest BCUT2D eigenvalue weighted by Crippen LogP contribution is -2.40. The molecule has 2 heterocycles. The van der Waals surface area contributed by atoms with Gasteiger partial charge >= 0.3 is 0 Å². The molecule has 102 valence electrons. The van der Waals surface area contributed by atoms with E-state index < -0.39 is 0 Å². The van der Waals surface area contributed by atoms with Crippen LogP contribution in [0, 0.1) is 6.92 Å². The molecule has 2 rings (SSSR count). The fraction of sp³-hybridized carbons (Fsp3) is 0.643. The summed E-state index contributed by atoms with van der Waals surface area (Å²) in [6, 6.07) is 4.95. The molecule has 1 unspecified atom stereocenters. The summed E-state index contributed by atoms with van der Waals surface area (Å²) >= 11 is 0. The Bertz CT molecular complexity index is 337. The number of hydrogen-bond acceptors (Lipinski definition) is 3. The minimum atomic E-state index is 0. The van der Waals surface area contributed by atoms with Gasteiger partial charge in [0.25, 0.3) is 0 Å². The van der Waals surface area contributed by atoms with Crippen LogP contribution in [0.4, 0.5) is 0 Å². The van der Waals surface area contributed by atoms with Crippen molar-refractivity contribution < 1.29 is 0 Å². The van der Waals surface area contributed by atoms with Gasteiger partial charge in [0.05, 0.1) is 5.69 Å². The van der Waals surface area contributed by atoms with Crippen LogP contribution in [-0.2, 0) is 6.54 Å². The van der Waals surface area contributed by atoms with Crippen LogP contribution in [0.15, 0.2) is 18.3 Å². The van der Waals surface area contributed by atoms with Gasteiger partial charge in [-0.2, -0.15) is 0 Å². The van der Waals surface area contributed by atoms with Gasteiger partial charge in [-0.05, 0) is 50.9 Å². The number of aromatic nitrogens is 1. The van der Waals surface area contributed by atoms with Gasteiger partial charge in [-0.25, -0.2) is 0 Å². The molecular formula is C14H24ClN3. The van der Waals surface area contributed by atoms with Crippen LogP contribution in [0.3, 0.4) is 0 Å². The Morgan fingerprint density at radius 2 is 2.22 bits per heavy atom. The number of aryl methyl sites for hydroxylation is 1. The first-order valence-electron chi connectivity index (χ1n) is 6.65. The Labute approximate surface area is 116 Å². The largest absolute Gasteiger partial charge is 0.330 e. The zero-order chi connectivity index (χ0) is 12.1. The van der Waals surface area contributed by atoms with Crippen LogP contribution >= 0.6 is 12.4 Å². The molecule has 0 amide bonds. The molecule has 0 spiro atoms. The number of hydrogen-bond donors (Lipinski definition) is 1. The second-order valence-electron chi connectivity index (χ2n) is 5.02. The van der Waals surface area contributed by atoms with Crippen LogP contribution in [-0.4, -0.2) is 29.0 Å². The van der Waals surface area contributed by atoms with Crippen molar-refractivity contribution in [2.45, 2.75) is 45.2 Å². The lowest BCUT2D eigenvalue weighted by atomic mass is 9.99. The summed E-state index contributed by atoms with van der Waals surface area (Å²) in [5.74, 6) is 0. The monoisotopic (exact) mass is 269 g/mol. The molecule has 3 nitrogen and oxygen atoms in total. The van der Waals surface area contributed by atoms with E-state index >= 15 is 0 Å². The highest BCUT2D eigenvalue weighted by Crippen LogP contribution is 2.21. The summed E-state index contributed by atoms with van der Waals surface area (Å²) in [4.78, 5) is 7.04. The number of piperidine rings is 1. The van der Waals surface area contributed by atoms with Crippen LogP contribution in [0.5, 0.6) is 0 Å². The maximum absolute atomic E-state index is 5.69. The summed E-state index contributed by atoms with van der Waals surface area (Å²) in [7, 11) is 0. The van der Waals surface area contributed by atoms with Crippen molar-refractivity contribution in [3.8, 4) is 0 Å². The molecule has 18 heavy (non-hydrogen) atoms. The van der Waals surface area contributed by atoms with E-state index in [1.807, 2.05) is 6.20 Å². The van der Waals surface area contributed by atoms with Crippen LogP contribution in [0.2, 0.25) is 0 Å². The summed E-state index contributed by atoms with van der Waals surface area (Å²) in [6.45, 7) is 5.04. The number of likely N-dealkylation sites (tertiary alicyclic amines) is 1. The molecule has 1 aliphatic rings. The van der Waals surface area contributed by atoms with Crippen molar-refractivity contribution in [3.05, 3.63) is 29.6 Å². The van der Waals surface area contributed by atoms with Crippen LogP contribution < -0.4 is 5.73 Å². The van der Waals surface area contributed by atoms with E-state index in [0.717, 1.165) is 19.5 Å². The molecule has 0 aliphatic carbocycles. The summed E-state index contributed by atoms with van der Waals surface area (Å²) in [5, 5.41) is 0. The van der Waals surface area contributed by atoms with Gasteiger partial charge in [0.15, 0.2) is 0 Å². The average molecular weight is 270 g/mol. The molecule has 0 radical (unpaired) electrons. The molecule has 1 atom stereocenters. The molecule has 1 fully saturated rings. The van der Waals surface area contributed by atoms with Gasteiger partial charge in [-0.1, -0.05) is 12.5 Å². The Morgan fingerprint density at radius 1 is 1.39 bits per heavy atom. The predicted octanol–water partition coefficient (Wildman–Crippen LogP) is 2.52. The minimum absolute atomic E-state index is 0. The van der Waals surface area contributed by atoms with E-state index in [9.17, 15) is 0 Å². The lowest BCUT2D eigenvalue weighted by molar-refractivity contribution is 0.132. The van der Waals surface area contributed by atoms with Gasteiger partial charge in [-0.15, -0.1) is 12.4 Å². The van der Waals surface area contributed by atoms with Crippen molar-refractivity contribution in [1.82, 2.24) is 9.88 Å². The highest BCUT2D eigenvalue weighted by Gasteiger charge is 2.21. The number of nitrogens with zero attached hydrogens (tertiary/aromatic N) is 2. The number of rotatable bonds is 4. The first-order valence-corrected chi connectivity index (χ1v) is 6.65. The van der Waals surface area contributed by atoms with E-state index in [1.165, 1.54) is 37.1 Å². The number of halogens is 1. The Hall–Kier alpha value is -0.640. The Morgan fingerprint density at radius 3 is 2.89 bits per heavy atom. The first-order chi connectivity index (χ1) is 8.29. The van der Waals surface area contributed by atoms with E-state index in [0.29, 0.717) is 6.04 Å². The maximum atomic E-state index is 5.69. The standard InChI is InChI=1S/C14H23N3.ClH/c1-12-5-6-13(16-10-12)11-17-9-3-2-4-14(17)7-8-15;/h5-6,10,14H,2-4,7-9,11,15H2,1H3;1H. The van der Waals surface area contributed by atoms with Crippen molar-refractivity contribution in [2.75, 3.05) is 13.1 Å². The normalized spacial score (nSPS) is 20.4. The van der Waals surface area contributed by atoms with Gasteiger partial charge < -0.3 is 5.73 Å². The highest BCUT2D eigenvalue weighted by molar-refractivity contribution is 5.85. The average Bonchev–Trinajstić information content (AvgIpc) is 2.35. The van der Waals surface area contributed by atoms with E-state index in [1.54, 1.807) is 0 Å². The fourth-order valence-corrected chi connectivity index (χ4v) is 2.59. The smallest absolute Gasteiger partial charge is 0.0544 e. The number of pyridine rings is 1. The summed E-state index contributed by atoms with van der Waals surface area (Å²) in [5.41, 5.74) is 8.10. The van der Waals surface area contributed by atoms with Gasteiger partial charge in [0, 0.05) is 18.8 Å². The van der Waals surface area contributed by atoms with Gasteiger partial charge in [0.1, 0.15) is 0 Å². The van der Waals surface area contributed by atoms with Crippen molar-refractivity contribution >= 4 is 12.4 Å². The highest BCUT2D eigenvalue weighted by atomic mass is 35.5. The molecule has 1 aliphatic heterocycles. The van der Waals surface area contributed by atoms with Crippen LogP contribution in [0.25, 0.3) is 0 Å². The quantitative estimate of drug-likeness (QED) is 0.913. The molecule has 0 saturated carbocycles. The molecule has 4 heteroatoms. The second kappa shape index (κ2) is 7.72. The van der Waals surface area contributed by atoms with Crippen LogP contribution in [0.1, 0.15) is 36.9 Å². The Kier molecular flexibility index (Phi) is 6.61. The molecule has 1 aromatic heterocycles. The SMILES string of the molecule is Cc1ccc(CN2CCCCC2CCN)nc1.Cl. The molecule has 0 bridgehead atoms. The van der Waals surface area contributed by atoms with Crippen molar-refractivity contribution in [1.29, 1.82) is 0 Å². The topological polar surface area (TPSA) is 42.1 Å². The van der Waals surface area contributed by atoms with Gasteiger partial charge in [-0.3, -0.25) is 9.88 Å².